The molecule has 0 aliphatic rings. The molecule has 0 fully saturated rings. The normalized spacial score (nSPS) is 12.0. The first-order valence-corrected chi connectivity index (χ1v) is 20.1. The third-order valence-corrected chi connectivity index (χ3v) is 9.85. The molecule has 0 saturated carbocycles. The first-order valence-electron chi connectivity index (χ1n) is 17.8. The number of hydrogen-bond donors (Lipinski definition) is 2. The molecule has 0 aromatic heterocycles. The standard InChI is InChI=1S/C35H69IN2S2/c1-3-5-7-9-11-13-15-17-19-21-23-25-27-29-34(39)37-32-33(31-36)38-35(40)30-28-26-24-22-20-18-16-14-12-10-8-6-4-2/h33H,3-32H2,1-2H3,(H,37,39)(H,38,40). The zero-order valence-electron chi connectivity index (χ0n) is 27.0. The van der Waals surface area contributed by atoms with E-state index in [1.165, 1.54) is 167 Å². The molecule has 238 valence electrons. The van der Waals surface area contributed by atoms with E-state index < -0.39 is 0 Å². The Bertz CT molecular complexity index is 543. The molecule has 0 aromatic carbocycles. The molecular weight excluding hydrogens is 639 g/mol. The molecule has 0 saturated heterocycles. The van der Waals surface area contributed by atoms with Crippen LogP contribution in [-0.2, 0) is 0 Å². The van der Waals surface area contributed by atoms with E-state index in [0.717, 1.165) is 33.8 Å². The van der Waals surface area contributed by atoms with Crippen LogP contribution in [0.5, 0.6) is 0 Å². The highest BCUT2D eigenvalue weighted by Gasteiger charge is 2.09. The Morgan fingerprint density at radius 1 is 0.475 bits per heavy atom. The van der Waals surface area contributed by atoms with E-state index in [4.69, 9.17) is 24.4 Å². The molecule has 1 unspecified atom stereocenters. The molecule has 0 amide bonds. The molecule has 1 atom stereocenters. The number of halogens is 1. The van der Waals surface area contributed by atoms with Crippen molar-refractivity contribution in [3.05, 3.63) is 0 Å². The van der Waals surface area contributed by atoms with Gasteiger partial charge in [-0.05, 0) is 25.7 Å². The van der Waals surface area contributed by atoms with Crippen LogP contribution < -0.4 is 10.6 Å². The fourth-order valence-electron chi connectivity index (χ4n) is 5.38. The molecule has 0 aliphatic carbocycles. The summed E-state index contributed by atoms with van der Waals surface area (Å²) in [6.07, 6.45) is 38.3. The summed E-state index contributed by atoms with van der Waals surface area (Å²) in [4.78, 5) is 2.07. The summed E-state index contributed by atoms with van der Waals surface area (Å²) in [6, 6.07) is 0.375. The minimum Gasteiger partial charge on any atom is -0.378 e. The second-order valence-corrected chi connectivity index (χ2v) is 14.1. The summed E-state index contributed by atoms with van der Waals surface area (Å²) >= 11 is 13.7. The summed E-state index contributed by atoms with van der Waals surface area (Å²) in [5.74, 6) is 0. The van der Waals surface area contributed by atoms with Crippen molar-refractivity contribution in [3.63, 3.8) is 0 Å². The SMILES string of the molecule is CCCCCCCCCCCCCCCC(=S)NCC(CI)NC(=S)CCCCCCCCCCCCCCC. The van der Waals surface area contributed by atoms with Crippen LogP contribution in [0.3, 0.4) is 0 Å². The Morgan fingerprint density at radius 3 is 1.10 bits per heavy atom. The van der Waals surface area contributed by atoms with E-state index in [-0.39, 0.29) is 0 Å². The van der Waals surface area contributed by atoms with Crippen LogP contribution in [0.15, 0.2) is 0 Å². The third kappa shape index (κ3) is 31.4. The second-order valence-electron chi connectivity index (χ2n) is 12.2. The van der Waals surface area contributed by atoms with E-state index in [1.54, 1.807) is 0 Å². The number of unbranched alkanes of at least 4 members (excludes halogenated alkanes) is 24. The van der Waals surface area contributed by atoms with Gasteiger partial charge in [0, 0.05) is 11.0 Å². The quantitative estimate of drug-likeness (QED) is 0.0314. The maximum Gasteiger partial charge on any atom is 0.0756 e. The monoisotopic (exact) mass is 708 g/mol. The highest BCUT2D eigenvalue weighted by Crippen LogP contribution is 2.14. The van der Waals surface area contributed by atoms with Crippen LogP contribution in [0.2, 0.25) is 0 Å². The summed E-state index contributed by atoms with van der Waals surface area (Å²) in [5.41, 5.74) is 0. The van der Waals surface area contributed by atoms with Gasteiger partial charge in [0.25, 0.3) is 0 Å². The Hall–Kier alpha value is 0.510. The zero-order chi connectivity index (χ0) is 29.4. The Morgan fingerprint density at radius 2 is 0.775 bits per heavy atom. The lowest BCUT2D eigenvalue weighted by molar-refractivity contribution is 0.540. The van der Waals surface area contributed by atoms with Crippen molar-refractivity contribution in [2.45, 2.75) is 200 Å². The maximum atomic E-state index is 5.65. The molecule has 2 nitrogen and oxygen atoms in total. The highest BCUT2D eigenvalue weighted by atomic mass is 127. The van der Waals surface area contributed by atoms with Gasteiger partial charge in [0.05, 0.1) is 16.0 Å². The van der Waals surface area contributed by atoms with Crippen LogP contribution in [0.25, 0.3) is 0 Å². The number of rotatable bonds is 32. The average molecular weight is 709 g/mol. The minimum absolute atomic E-state index is 0.375. The maximum absolute atomic E-state index is 5.65. The second kappa shape index (κ2) is 34.0. The summed E-state index contributed by atoms with van der Waals surface area (Å²) < 4.78 is 1.05. The van der Waals surface area contributed by atoms with E-state index in [1.807, 2.05) is 0 Å². The van der Waals surface area contributed by atoms with Crippen molar-refractivity contribution < 1.29 is 0 Å². The highest BCUT2D eigenvalue weighted by molar-refractivity contribution is 14.1. The van der Waals surface area contributed by atoms with Crippen LogP contribution in [0.1, 0.15) is 194 Å². The lowest BCUT2D eigenvalue weighted by Crippen LogP contribution is -2.43. The Balaban J connectivity index is 3.53. The van der Waals surface area contributed by atoms with Crippen molar-refractivity contribution >= 4 is 57.0 Å². The van der Waals surface area contributed by atoms with Gasteiger partial charge in [-0.3, -0.25) is 0 Å². The molecule has 0 bridgehead atoms. The van der Waals surface area contributed by atoms with Gasteiger partial charge >= 0.3 is 0 Å². The van der Waals surface area contributed by atoms with Gasteiger partial charge < -0.3 is 10.6 Å². The van der Waals surface area contributed by atoms with Crippen LogP contribution in [0.4, 0.5) is 0 Å². The summed E-state index contributed by atoms with van der Waals surface area (Å²) in [6.45, 7) is 5.48. The summed E-state index contributed by atoms with van der Waals surface area (Å²) in [7, 11) is 0. The van der Waals surface area contributed by atoms with Crippen molar-refractivity contribution in [2.75, 3.05) is 11.0 Å². The minimum atomic E-state index is 0.375. The van der Waals surface area contributed by atoms with E-state index in [2.05, 4.69) is 47.1 Å². The van der Waals surface area contributed by atoms with Crippen molar-refractivity contribution in [3.8, 4) is 0 Å². The van der Waals surface area contributed by atoms with Crippen LogP contribution in [0, 0.1) is 0 Å². The van der Waals surface area contributed by atoms with Gasteiger partial charge in [0.15, 0.2) is 0 Å². The largest absolute Gasteiger partial charge is 0.378 e. The van der Waals surface area contributed by atoms with Gasteiger partial charge in [0.2, 0.25) is 0 Å². The van der Waals surface area contributed by atoms with Gasteiger partial charge in [-0.25, -0.2) is 0 Å². The fourth-order valence-corrected chi connectivity index (χ4v) is 6.45. The van der Waals surface area contributed by atoms with Gasteiger partial charge in [-0.2, -0.15) is 0 Å². The van der Waals surface area contributed by atoms with Crippen LogP contribution >= 0.6 is 47.0 Å². The molecule has 0 rings (SSSR count). The van der Waals surface area contributed by atoms with Crippen LogP contribution in [-0.4, -0.2) is 27.0 Å². The Labute approximate surface area is 276 Å². The molecule has 0 spiro atoms. The Kier molecular flexibility index (Phi) is 34.4. The number of alkyl halides is 1. The van der Waals surface area contributed by atoms with E-state index >= 15 is 0 Å². The smallest absolute Gasteiger partial charge is 0.0756 e. The molecule has 2 N–H and O–H groups in total. The topological polar surface area (TPSA) is 24.1 Å². The predicted molar refractivity (Wildman–Crippen MR) is 200 cm³/mol. The van der Waals surface area contributed by atoms with Gasteiger partial charge in [0.1, 0.15) is 0 Å². The first kappa shape index (κ1) is 40.5. The fraction of sp³-hybridized carbons (Fsp3) is 0.943. The molecule has 0 aliphatic heterocycles. The lowest BCUT2D eigenvalue weighted by Gasteiger charge is -2.19. The molecular formula is C35H69IN2S2. The average Bonchev–Trinajstić information content (AvgIpc) is 2.96. The number of thiocarbonyl (C=S) groups is 2. The number of nitrogens with one attached hydrogen (secondary N) is 2. The molecule has 0 heterocycles. The third-order valence-electron chi connectivity index (χ3n) is 8.11. The van der Waals surface area contributed by atoms with E-state index in [0.29, 0.717) is 6.04 Å². The van der Waals surface area contributed by atoms with Crippen molar-refractivity contribution in [1.29, 1.82) is 0 Å². The molecule has 5 heteroatoms. The number of hydrogen-bond acceptors (Lipinski definition) is 2. The summed E-state index contributed by atoms with van der Waals surface area (Å²) in [5, 5.41) is 7.09. The molecule has 0 radical (unpaired) electrons. The van der Waals surface area contributed by atoms with Gasteiger partial charge in [-0.1, -0.05) is 215 Å². The molecule has 40 heavy (non-hydrogen) atoms. The lowest BCUT2D eigenvalue weighted by atomic mass is 10.0. The first-order chi connectivity index (χ1) is 19.6. The van der Waals surface area contributed by atoms with Gasteiger partial charge in [-0.15, -0.1) is 0 Å². The van der Waals surface area contributed by atoms with Crippen molar-refractivity contribution in [1.82, 2.24) is 10.6 Å². The van der Waals surface area contributed by atoms with Crippen molar-refractivity contribution in [2.24, 2.45) is 0 Å². The van der Waals surface area contributed by atoms with E-state index in [9.17, 15) is 0 Å². The predicted octanol–water partition coefficient (Wildman–Crippen LogP) is 12.6. The molecule has 0 aromatic rings. The zero-order valence-corrected chi connectivity index (χ0v) is 30.8.